The van der Waals surface area contributed by atoms with Gasteiger partial charge >= 0.3 is 6.03 Å². The lowest BCUT2D eigenvalue weighted by molar-refractivity contribution is 0.169. The molecule has 0 fully saturated rings. The van der Waals surface area contributed by atoms with E-state index in [1.165, 1.54) is 0 Å². The van der Waals surface area contributed by atoms with Gasteiger partial charge in [0.1, 0.15) is 0 Å². The van der Waals surface area contributed by atoms with Crippen LogP contribution in [0.4, 0.5) is 4.79 Å². The molecule has 0 aromatic heterocycles. The minimum absolute atomic E-state index is 0.0152. The highest BCUT2D eigenvalue weighted by Gasteiger charge is 2.18. The summed E-state index contributed by atoms with van der Waals surface area (Å²) in [6.45, 7) is 9.05. The third-order valence-electron chi connectivity index (χ3n) is 1.92. The average Bonchev–Trinajstić information content (AvgIpc) is 2.09. The summed E-state index contributed by atoms with van der Waals surface area (Å²) in [4.78, 5) is 13.4. The standard InChI is InChI=1S/C11H24N2O2/c1-5-6-7-13(8-9-14)10(15)12-11(2,3)4/h14H,5-9H2,1-4H3,(H,12,15). The topological polar surface area (TPSA) is 52.6 Å². The van der Waals surface area contributed by atoms with Gasteiger partial charge in [-0.1, -0.05) is 13.3 Å². The summed E-state index contributed by atoms with van der Waals surface area (Å²) in [6.07, 6.45) is 2.02. The van der Waals surface area contributed by atoms with Crippen molar-refractivity contribution < 1.29 is 9.90 Å². The van der Waals surface area contributed by atoms with E-state index in [1.54, 1.807) is 4.90 Å². The van der Waals surface area contributed by atoms with E-state index in [9.17, 15) is 4.79 Å². The molecule has 0 aliphatic rings. The zero-order chi connectivity index (χ0) is 11.9. The quantitative estimate of drug-likeness (QED) is 0.733. The fourth-order valence-corrected chi connectivity index (χ4v) is 1.18. The van der Waals surface area contributed by atoms with E-state index in [0.717, 1.165) is 12.8 Å². The number of urea groups is 1. The highest BCUT2D eigenvalue weighted by Crippen LogP contribution is 2.02. The monoisotopic (exact) mass is 216 g/mol. The van der Waals surface area contributed by atoms with Crippen molar-refractivity contribution in [2.45, 2.75) is 46.1 Å². The maximum absolute atomic E-state index is 11.8. The van der Waals surface area contributed by atoms with Gasteiger partial charge < -0.3 is 15.3 Å². The molecule has 4 heteroatoms. The Morgan fingerprint density at radius 2 is 1.93 bits per heavy atom. The van der Waals surface area contributed by atoms with Crippen LogP contribution in [-0.2, 0) is 0 Å². The van der Waals surface area contributed by atoms with Crippen LogP contribution in [0.15, 0.2) is 0 Å². The molecule has 4 nitrogen and oxygen atoms in total. The first-order valence-corrected chi connectivity index (χ1v) is 5.58. The van der Waals surface area contributed by atoms with Crippen molar-refractivity contribution in [1.82, 2.24) is 10.2 Å². The van der Waals surface area contributed by atoms with Gasteiger partial charge in [0.25, 0.3) is 0 Å². The van der Waals surface area contributed by atoms with Crippen LogP contribution in [-0.4, -0.2) is 41.3 Å². The highest BCUT2D eigenvalue weighted by molar-refractivity contribution is 5.74. The van der Waals surface area contributed by atoms with Gasteiger partial charge in [-0.3, -0.25) is 0 Å². The second kappa shape index (κ2) is 6.67. The Bertz CT molecular complexity index is 188. The number of rotatable bonds is 5. The minimum Gasteiger partial charge on any atom is -0.395 e. The number of aliphatic hydroxyl groups excluding tert-OH is 1. The van der Waals surface area contributed by atoms with Crippen molar-refractivity contribution >= 4 is 6.03 Å². The maximum atomic E-state index is 11.8. The lowest BCUT2D eigenvalue weighted by atomic mass is 10.1. The van der Waals surface area contributed by atoms with Crippen molar-refractivity contribution in [3.63, 3.8) is 0 Å². The average molecular weight is 216 g/mol. The van der Waals surface area contributed by atoms with Crippen LogP contribution in [0.25, 0.3) is 0 Å². The predicted octanol–water partition coefficient (Wildman–Crippen LogP) is 1.59. The molecule has 0 heterocycles. The number of amides is 2. The fourth-order valence-electron chi connectivity index (χ4n) is 1.18. The molecule has 2 N–H and O–H groups in total. The van der Waals surface area contributed by atoms with Crippen LogP contribution in [0.2, 0.25) is 0 Å². The Morgan fingerprint density at radius 1 is 1.33 bits per heavy atom. The number of carbonyl (C=O) groups is 1. The first-order chi connectivity index (χ1) is 6.90. The van der Waals surface area contributed by atoms with Crippen LogP contribution in [0.1, 0.15) is 40.5 Å². The third-order valence-corrected chi connectivity index (χ3v) is 1.92. The van der Waals surface area contributed by atoms with Gasteiger partial charge in [-0.25, -0.2) is 4.79 Å². The largest absolute Gasteiger partial charge is 0.395 e. The summed E-state index contributed by atoms with van der Waals surface area (Å²) in [7, 11) is 0. The van der Waals surface area contributed by atoms with Crippen LogP contribution in [0, 0.1) is 0 Å². The molecule has 0 atom stereocenters. The molecule has 90 valence electrons. The predicted molar refractivity (Wildman–Crippen MR) is 61.9 cm³/mol. The number of hydrogen-bond acceptors (Lipinski definition) is 2. The van der Waals surface area contributed by atoms with Crippen molar-refractivity contribution in [3.8, 4) is 0 Å². The Kier molecular flexibility index (Phi) is 6.32. The Balaban J connectivity index is 4.15. The zero-order valence-corrected chi connectivity index (χ0v) is 10.3. The normalized spacial score (nSPS) is 11.3. The fraction of sp³-hybridized carbons (Fsp3) is 0.909. The van der Waals surface area contributed by atoms with Gasteiger partial charge in [0.05, 0.1) is 6.61 Å². The first kappa shape index (κ1) is 14.2. The molecule has 15 heavy (non-hydrogen) atoms. The molecular weight excluding hydrogens is 192 g/mol. The van der Waals surface area contributed by atoms with Crippen molar-refractivity contribution in [3.05, 3.63) is 0 Å². The minimum atomic E-state index is -0.225. The Morgan fingerprint density at radius 3 is 2.33 bits per heavy atom. The summed E-state index contributed by atoms with van der Waals surface area (Å²) >= 11 is 0. The van der Waals surface area contributed by atoms with E-state index in [2.05, 4.69) is 12.2 Å². The van der Waals surface area contributed by atoms with E-state index in [1.807, 2.05) is 20.8 Å². The summed E-state index contributed by atoms with van der Waals surface area (Å²) in [6, 6.07) is -0.0926. The molecule has 0 radical (unpaired) electrons. The summed E-state index contributed by atoms with van der Waals surface area (Å²) in [5.74, 6) is 0. The summed E-state index contributed by atoms with van der Waals surface area (Å²) in [5, 5.41) is 11.8. The van der Waals surface area contributed by atoms with Crippen LogP contribution in [0.5, 0.6) is 0 Å². The molecular formula is C11H24N2O2. The first-order valence-electron chi connectivity index (χ1n) is 5.58. The molecule has 0 saturated heterocycles. The van der Waals surface area contributed by atoms with E-state index >= 15 is 0 Å². The van der Waals surface area contributed by atoms with Crippen molar-refractivity contribution in [2.75, 3.05) is 19.7 Å². The molecule has 0 saturated carbocycles. The van der Waals surface area contributed by atoms with Crippen LogP contribution in [0.3, 0.4) is 0 Å². The number of unbranched alkanes of at least 4 members (excludes halogenated alkanes) is 1. The van der Waals surface area contributed by atoms with Crippen molar-refractivity contribution in [2.24, 2.45) is 0 Å². The molecule has 0 aliphatic heterocycles. The Hall–Kier alpha value is -0.770. The molecule has 0 unspecified atom stereocenters. The molecule has 0 rings (SSSR count). The van der Waals surface area contributed by atoms with E-state index < -0.39 is 0 Å². The maximum Gasteiger partial charge on any atom is 0.317 e. The second-order valence-electron chi connectivity index (χ2n) is 4.74. The summed E-state index contributed by atoms with van der Waals surface area (Å²) < 4.78 is 0. The molecule has 0 aromatic carbocycles. The number of aliphatic hydroxyl groups is 1. The number of carbonyl (C=O) groups excluding carboxylic acids is 1. The van der Waals surface area contributed by atoms with E-state index in [-0.39, 0.29) is 18.2 Å². The lowest BCUT2D eigenvalue weighted by Gasteiger charge is -2.28. The van der Waals surface area contributed by atoms with E-state index in [0.29, 0.717) is 13.1 Å². The van der Waals surface area contributed by atoms with Gasteiger partial charge in [-0.15, -0.1) is 0 Å². The number of nitrogens with one attached hydrogen (secondary N) is 1. The smallest absolute Gasteiger partial charge is 0.317 e. The zero-order valence-electron chi connectivity index (χ0n) is 10.3. The molecule has 0 bridgehead atoms. The Labute approximate surface area is 92.7 Å². The SMILES string of the molecule is CCCCN(CCO)C(=O)NC(C)(C)C. The van der Waals surface area contributed by atoms with Crippen molar-refractivity contribution in [1.29, 1.82) is 0 Å². The third kappa shape index (κ3) is 7.19. The summed E-state index contributed by atoms with van der Waals surface area (Å²) in [5.41, 5.74) is -0.225. The van der Waals surface area contributed by atoms with Gasteiger partial charge in [-0.05, 0) is 27.2 Å². The number of hydrogen-bond donors (Lipinski definition) is 2. The van der Waals surface area contributed by atoms with Gasteiger partial charge in [0.2, 0.25) is 0 Å². The second-order valence-corrected chi connectivity index (χ2v) is 4.74. The molecule has 2 amide bonds. The lowest BCUT2D eigenvalue weighted by Crippen LogP contribution is -2.49. The number of nitrogens with zero attached hydrogens (tertiary/aromatic N) is 1. The van der Waals surface area contributed by atoms with E-state index in [4.69, 9.17) is 5.11 Å². The van der Waals surface area contributed by atoms with Crippen LogP contribution >= 0.6 is 0 Å². The van der Waals surface area contributed by atoms with Gasteiger partial charge in [0, 0.05) is 18.6 Å². The molecule has 0 aromatic rings. The van der Waals surface area contributed by atoms with Gasteiger partial charge in [-0.2, -0.15) is 0 Å². The highest BCUT2D eigenvalue weighted by atomic mass is 16.3. The molecule has 0 aliphatic carbocycles. The van der Waals surface area contributed by atoms with Gasteiger partial charge in [0.15, 0.2) is 0 Å². The van der Waals surface area contributed by atoms with Crippen LogP contribution < -0.4 is 5.32 Å². The molecule has 0 spiro atoms.